The third-order valence-corrected chi connectivity index (χ3v) is 3.13. The molecule has 0 aliphatic carbocycles. The van der Waals surface area contributed by atoms with E-state index in [0.29, 0.717) is 6.54 Å². The van der Waals surface area contributed by atoms with Crippen molar-refractivity contribution in [2.45, 2.75) is 19.5 Å². The summed E-state index contributed by atoms with van der Waals surface area (Å²) in [6, 6.07) is 9.55. The Morgan fingerprint density at radius 3 is 2.63 bits per heavy atom. The summed E-state index contributed by atoms with van der Waals surface area (Å²) in [5.74, 6) is -0.865. The van der Waals surface area contributed by atoms with E-state index < -0.39 is 12.1 Å². The minimum atomic E-state index is -0.865. The Kier molecular flexibility index (Phi) is 3.85. The number of aliphatic carboxylic acids is 1. The van der Waals surface area contributed by atoms with Crippen LogP contribution in [0.1, 0.15) is 13.3 Å². The van der Waals surface area contributed by atoms with Crippen molar-refractivity contribution in [3.05, 3.63) is 42.2 Å². The first-order valence-electron chi connectivity index (χ1n) is 6.09. The lowest BCUT2D eigenvalue weighted by Crippen LogP contribution is -2.41. The molecule has 5 nitrogen and oxygen atoms in total. The van der Waals surface area contributed by atoms with E-state index in [1.165, 1.54) is 0 Å². The molecule has 0 saturated heterocycles. The predicted molar refractivity (Wildman–Crippen MR) is 71.5 cm³/mol. The Bertz CT molecular complexity index is 499. The SMILES string of the molecule is CC1=CN(c2ccccc2)C(C=O)N1CCC(=O)O. The Labute approximate surface area is 111 Å². The summed E-state index contributed by atoms with van der Waals surface area (Å²) in [5, 5.41) is 8.75. The first-order chi connectivity index (χ1) is 9.13. The standard InChI is InChI=1S/C14H16N2O3/c1-11-9-16(12-5-3-2-4-6-12)13(10-17)15(11)8-7-14(18)19/h2-6,9-10,13H,7-8H2,1H3,(H,18,19). The van der Waals surface area contributed by atoms with Gasteiger partial charge in [0.1, 0.15) is 0 Å². The number of rotatable bonds is 5. The van der Waals surface area contributed by atoms with Gasteiger partial charge in [-0.2, -0.15) is 0 Å². The average molecular weight is 260 g/mol. The van der Waals surface area contributed by atoms with Gasteiger partial charge in [-0.05, 0) is 19.1 Å². The molecule has 1 aromatic carbocycles. The number of allylic oxidation sites excluding steroid dienone is 1. The third kappa shape index (κ3) is 2.76. The number of carbonyl (C=O) groups is 2. The van der Waals surface area contributed by atoms with Crippen LogP contribution in [0.4, 0.5) is 5.69 Å². The number of hydrogen-bond acceptors (Lipinski definition) is 4. The first-order valence-corrected chi connectivity index (χ1v) is 6.09. The summed E-state index contributed by atoms with van der Waals surface area (Å²) >= 11 is 0. The van der Waals surface area contributed by atoms with Gasteiger partial charge in [-0.1, -0.05) is 18.2 Å². The summed E-state index contributed by atoms with van der Waals surface area (Å²) in [7, 11) is 0. The third-order valence-electron chi connectivity index (χ3n) is 3.13. The van der Waals surface area contributed by atoms with Crippen molar-refractivity contribution >= 4 is 17.9 Å². The molecule has 1 unspecified atom stereocenters. The number of carboxylic acids is 1. The van der Waals surface area contributed by atoms with Crippen molar-refractivity contribution in [3.8, 4) is 0 Å². The van der Waals surface area contributed by atoms with Gasteiger partial charge < -0.3 is 14.9 Å². The Morgan fingerprint density at radius 2 is 2.05 bits per heavy atom. The number of benzene rings is 1. The maximum absolute atomic E-state index is 11.3. The van der Waals surface area contributed by atoms with Crippen molar-refractivity contribution < 1.29 is 14.7 Å². The van der Waals surface area contributed by atoms with Crippen LogP contribution in [0.5, 0.6) is 0 Å². The molecule has 0 saturated carbocycles. The van der Waals surface area contributed by atoms with Crippen LogP contribution in [-0.2, 0) is 9.59 Å². The highest BCUT2D eigenvalue weighted by Gasteiger charge is 2.30. The topological polar surface area (TPSA) is 60.9 Å². The summed E-state index contributed by atoms with van der Waals surface area (Å²) < 4.78 is 0. The molecule has 1 heterocycles. The average Bonchev–Trinajstić information content (AvgIpc) is 2.73. The van der Waals surface area contributed by atoms with E-state index in [-0.39, 0.29) is 6.42 Å². The smallest absolute Gasteiger partial charge is 0.305 e. The van der Waals surface area contributed by atoms with Gasteiger partial charge >= 0.3 is 5.97 Å². The lowest BCUT2D eigenvalue weighted by atomic mass is 10.3. The minimum absolute atomic E-state index is 0.0121. The van der Waals surface area contributed by atoms with E-state index in [4.69, 9.17) is 5.11 Å². The van der Waals surface area contributed by atoms with Gasteiger partial charge in [0, 0.05) is 24.1 Å². The monoisotopic (exact) mass is 260 g/mol. The molecule has 1 aliphatic heterocycles. The van der Waals surface area contributed by atoms with Crippen LogP contribution in [-0.4, -0.2) is 35.0 Å². The molecule has 0 radical (unpaired) electrons. The van der Waals surface area contributed by atoms with Crippen molar-refractivity contribution in [1.29, 1.82) is 0 Å². The fourth-order valence-electron chi connectivity index (χ4n) is 2.20. The maximum Gasteiger partial charge on any atom is 0.305 e. The zero-order valence-electron chi connectivity index (χ0n) is 10.7. The molecule has 1 aliphatic rings. The molecule has 0 spiro atoms. The second kappa shape index (κ2) is 5.56. The molecule has 1 atom stereocenters. The fraction of sp³-hybridized carbons (Fsp3) is 0.286. The molecule has 0 aromatic heterocycles. The van der Waals surface area contributed by atoms with E-state index in [9.17, 15) is 9.59 Å². The van der Waals surface area contributed by atoms with Crippen molar-refractivity contribution in [2.75, 3.05) is 11.4 Å². The number of anilines is 1. The minimum Gasteiger partial charge on any atom is -0.481 e. The first kappa shape index (κ1) is 13.1. The molecule has 2 rings (SSSR count). The number of nitrogens with zero attached hydrogens (tertiary/aromatic N) is 2. The van der Waals surface area contributed by atoms with Crippen LogP contribution >= 0.6 is 0 Å². The van der Waals surface area contributed by atoms with E-state index in [0.717, 1.165) is 17.7 Å². The number of carboxylic acid groups (broad SMARTS) is 1. The second-order valence-corrected chi connectivity index (χ2v) is 4.40. The van der Waals surface area contributed by atoms with Gasteiger partial charge in [0.05, 0.1) is 6.42 Å². The zero-order chi connectivity index (χ0) is 13.8. The van der Waals surface area contributed by atoms with Gasteiger partial charge in [-0.15, -0.1) is 0 Å². The fourth-order valence-corrected chi connectivity index (χ4v) is 2.20. The van der Waals surface area contributed by atoms with Gasteiger partial charge in [0.15, 0.2) is 12.5 Å². The number of aldehydes is 1. The highest BCUT2D eigenvalue weighted by atomic mass is 16.4. The highest BCUT2D eigenvalue weighted by molar-refractivity contribution is 5.70. The summed E-state index contributed by atoms with van der Waals surface area (Å²) in [5.41, 5.74) is 1.80. The van der Waals surface area contributed by atoms with Crippen LogP contribution in [0.3, 0.4) is 0 Å². The predicted octanol–water partition coefficient (Wildman–Crippen LogP) is 1.67. The van der Waals surface area contributed by atoms with Gasteiger partial charge in [0.2, 0.25) is 0 Å². The normalized spacial score (nSPS) is 18.4. The van der Waals surface area contributed by atoms with Crippen LogP contribution in [0.2, 0.25) is 0 Å². The number of para-hydroxylation sites is 1. The van der Waals surface area contributed by atoms with Gasteiger partial charge in [-0.3, -0.25) is 9.59 Å². The zero-order valence-corrected chi connectivity index (χ0v) is 10.7. The second-order valence-electron chi connectivity index (χ2n) is 4.40. The highest BCUT2D eigenvalue weighted by Crippen LogP contribution is 2.27. The van der Waals surface area contributed by atoms with Crippen molar-refractivity contribution in [2.24, 2.45) is 0 Å². The van der Waals surface area contributed by atoms with E-state index in [1.54, 1.807) is 4.90 Å². The van der Waals surface area contributed by atoms with Gasteiger partial charge in [-0.25, -0.2) is 0 Å². The van der Waals surface area contributed by atoms with Crippen LogP contribution in [0, 0.1) is 0 Å². The van der Waals surface area contributed by atoms with Crippen LogP contribution in [0.15, 0.2) is 42.2 Å². The van der Waals surface area contributed by atoms with Crippen LogP contribution < -0.4 is 4.90 Å². The Morgan fingerprint density at radius 1 is 1.37 bits per heavy atom. The molecule has 19 heavy (non-hydrogen) atoms. The van der Waals surface area contributed by atoms with Crippen LogP contribution in [0.25, 0.3) is 0 Å². The van der Waals surface area contributed by atoms with E-state index in [1.807, 2.05) is 48.4 Å². The molecule has 1 N–H and O–H groups in total. The maximum atomic E-state index is 11.3. The molecule has 5 heteroatoms. The molecule has 100 valence electrons. The Balaban J connectivity index is 2.19. The summed E-state index contributed by atoms with van der Waals surface area (Å²) in [6.07, 6.45) is 2.25. The molecule has 0 amide bonds. The molecular weight excluding hydrogens is 244 g/mol. The molecular formula is C14H16N2O3. The largest absolute Gasteiger partial charge is 0.481 e. The van der Waals surface area contributed by atoms with Crippen molar-refractivity contribution in [3.63, 3.8) is 0 Å². The molecule has 0 fully saturated rings. The number of carbonyl (C=O) groups excluding carboxylic acids is 1. The van der Waals surface area contributed by atoms with Crippen molar-refractivity contribution in [1.82, 2.24) is 4.90 Å². The summed E-state index contributed by atoms with van der Waals surface area (Å²) in [4.78, 5) is 25.6. The number of hydrogen-bond donors (Lipinski definition) is 1. The van der Waals surface area contributed by atoms with Gasteiger partial charge in [0.25, 0.3) is 0 Å². The quantitative estimate of drug-likeness (QED) is 0.816. The molecule has 0 bridgehead atoms. The lowest BCUT2D eigenvalue weighted by Gasteiger charge is -2.29. The van der Waals surface area contributed by atoms with E-state index >= 15 is 0 Å². The van der Waals surface area contributed by atoms with E-state index in [2.05, 4.69) is 0 Å². The Hall–Kier alpha value is -2.30. The molecule has 1 aromatic rings. The summed E-state index contributed by atoms with van der Waals surface area (Å²) in [6.45, 7) is 2.20. The lowest BCUT2D eigenvalue weighted by molar-refractivity contribution is -0.137.